The number of rotatable bonds is 6. The second kappa shape index (κ2) is 5.82. The van der Waals surface area contributed by atoms with Gasteiger partial charge in [0.2, 0.25) is 10.0 Å². The summed E-state index contributed by atoms with van der Waals surface area (Å²) in [5.74, 6) is -1.92. The minimum atomic E-state index is -4.08. The summed E-state index contributed by atoms with van der Waals surface area (Å²) in [5.41, 5.74) is 0.348. The van der Waals surface area contributed by atoms with Gasteiger partial charge in [-0.1, -0.05) is 13.0 Å². The van der Waals surface area contributed by atoms with E-state index in [9.17, 15) is 17.6 Å². The number of nitrogens with zero attached hydrogens (tertiary/aromatic N) is 1. The predicted molar refractivity (Wildman–Crippen MR) is 74.9 cm³/mol. The van der Waals surface area contributed by atoms with Crippen molar-refractivity contribution in [3.8, 4) is 0 Å². The van der Waals surface area contributed by atoms with Crippen LogP contribution in [0.25, 0.3) is 10.9 Å². The fourth-order valence-corrected chi connectivity index (χ4v) is 3.79. The number of hydrogen-bond acceptors (Lipinski definition) is 3. The smallest absolute Gasteiger partial charge is 0.318 e. The molecule has 0 bridgehead atoms. The third kappa shape index (κ3) is 2.91. The number of fused-ring (bicyclic) bond motifs is 1. The average Bonchev–Trinajstić information content (AvgIpc) is 2.83. The van der Waals surface area contributed by atoms with Crippen LogP contribution in [0.5, 0.6) is 0 Å². The molecule has 0 aliphatic rings. The number of sulfonamides is 1. The third-order valence-electron chi connectivity index (χ3n) is 3.02. The molecule has 21 heavy (non-hydrogen) atoms. The van der Waals surface area contributed by atoms with E-state index in [0.29, 0.717) is 11.9 Å². The summed E-state index contributed by atoms with van der Waals surface area (Å²) in [6.07, 6.45) is 1.64. The molecule has 1 aromatic carbocycles. The van der Waals surface area contributed by atoms with Crippen LogP contribution in [0.3, 0.4) is 0 Å². The fourth-order valence-electron chi connectivity index (χ4n) is 2.14. The van der Waals surface area contributed by atoms with Crippen molar-refractivity contribution in [1.29, 1.82) is 0 Å². The van der Waals surface area contributed by atoms with E-state index < -0.39 is 28.4 Å². The Hall–Kier alpha value is -1.93. The summed E-state index contributed by atoms with van der Waals surface area (Å²) in [5, 5.41) is 8.80. The Morgan fingerprint density at radius 2 is 2.14 bits per heavy atom. The highest BCUT2D eigenvalue weighted by Gasteiger charge is 2.29. The highest BCUT2D eigenvalue weighted by molar-refractivity contribution is 7.89. The first-order valence-electron chi connectivity index (χ1n) is 6.35. The van der Waals surface area contributed by atoms with Crippen LogP contribution >= 0.6 is 0 Å². The van der Waals surface area contributed by atoms with Crippen LogP contribution in [-0.4, -0.2) is 41.9 Å². The molecular formula is C13H15FN2O4S. The Bertz CT molecular complexity index is 770. The van der Waals surface area contributed by atoms with Gasteiger partial charge in [-0.25, -0.2) is 12.8 Å². The molecule has 114 valence electrons. The number of hydrogen-bond donors (Lipinski definition) is 2. The molecule has 0 fully saturated rings. The van der Waals surface area contributed by atoms with Crippen LogP contribution in [0.15, 0.2) is 29.3 Å². The first-order chi connectivity index (χ1) is 9.87. The molecule has 0 amide bonds. The molecule has 0 saturated carbocycles. The second-order valence-electron chi connectivity index (χ2n) is 4.55. The van der Waals surface area contributed by atoms with E-state index in [1.165, 1.54) is 12.3 Å². The van der Waals surface area contributed by atoms with E-state index in [1.807, 2.05) is 0 Å². The molecule has 0 atom stereocenters. The number of benzene rings is 1. The predicted octanol–water partition coefficient (Wildman–Crippen LogP) is 1.79. The van der Waals surface area contributed by atoms with Gasteiger partial charge in [-0.05, 0) is 18.6 Å². The number of aromatic nitrogens is 1. The highest BCUT2D eigenvalue weighted by atomic mass is 32.2. The lowest BCUT2D eigenvalue weighted by Crippen LogP contribution is -2.36. The van der Waals surface area contributed by atoms with Gasteiger partial charge in [-0.2, -0.15) is 4.31 Å². The number of aliphatic carboxylic acids is 1. The van der Waals surface area contributed by atoms with E-state index in [0.717, 1.165) is 10.4 Å². The highest BCUT2D eigenvalue weighted by Crippen LogP contribution is 2.27. The van der Waals surface area contributed by atoms with Crippen molar-refractivity contribution < 1.29 is 22.7 Å². The van der Waals surface area contributed by atoms with Crippen molar-refractivity contribution >= 4 is 26.9 Å². The van der Waals surface area contributed by atoms with E-state index in [1.54, 1.807) is 13.0 Å². The Morgan fingerprint density at radius 1 is 1.43 bits per heavy atom. The van der Waals surface area contributed by atoms with Crippen LogP contribution < -0.4 is 0 Å². The van der Waals surface area contributed by atoms with Crippen molar-refractivity contribution in [2.24, 2.45) is 0 Å². The van der Waals surface area contributed by atoms with Gasteiger partial charge in [0.15, 0.2) is 0 Å². The first kappa shape index (κ1) is 15.5. The maximum Gasteiger partial charge on any atom is 0.318 e. The molecule has 0 aliphatic carbocycles. The minimum absolute atomic E-state index is 0.0513. The summed E-state index contributed by atoms with van der Waals surface area (Å²) >= 11 is 0. The van der Waals surface area contributed by atoms with Crippen molar-refractivity contribution in [2.45, 2.75) is 18.2 Å². The van der Waals surface area contributed by atoms with E-state index in [-0.39, 0.29) is 16.8 Å². The summed E-state index contributed by atoms with van der Waals surface area (Å²) in [6, 6.07) is 4.18. The van der Waals surface area contributed by atoms with Crippen LogP contribution in [0.1, 0.15) is 13.3 Å². The number of carbonyl (C=O) groups is 1. The van der Waals surface area contributed by atoms with Gasteiger partial charge in [0.25, 0.3) is 0 Å². The molecule has 0 aliphatic heterocycles. The largest absolute Gasteiger partial charge is 0.480 e. The van der Waals surface area contributed by atoms with Crippen LogP contribution in [-0.2, 0) is 14.8 Å². The third-order valence-corrected chi connectivity index (χ3v) is 4.89. The van der Waals surface area contributed by atoms with E-state index >= 15 is 0 Å². The second-order valence-corrected chi connectivity index (χ2v) is 6.45. The number of halogens is 1. The van der Waals surface area contributed by atoms with Gasteiger partial charge in [0, 0.05) is 18.3 Å². The number of H-pyrrole nitrogens is 1. The van der Waals surface area contributed by atoms with Gasteiger partial charge in [0.05, 0.1) is 5.39 Å². The molecule has 0 unspecified atom stereocenters. The molecule has 2 N–H and O–H groups in total. The normalized spacial score (nSPS) is 12.1. The number of aromatic amines is 1. The zero-order chi connectivity index (χ0) is 15.6. The van der Waals surface area contributed by atoms with Gasteiger partial charge >= 0.3 is 5.97 Å². The van der Waals surface area contributed by atoms with Gasteiger partial charge < -0.3 is 10.1 Å². The molecule has 0 saturated heterocycles. The standard InChI is InChI=1S/C13H15FN2O4S/c1-2-6-16(8-12(17)18)21(19,20)11-7-15-10-5-3-4-9(14)13(10)11/h3-5,7,15H,2,6,8H2,1H3,(H,17,18). The molecule has 0 spiro atoms. The van der Waals surface area contributed by atoms with Gasteiger partial charge in [-0.3, -0.25) is 4.79 Å². The molecule has 1 aromatic heterocycles. The maximum atomic E-state index is 13.9. The molecule has 6 nitrogen and oxygen atoms in total. The molecule has 2 aromatic rings. The fraction of sp³-hybridized carbons (Fsp3) is 0.308. The average molecular weight is 314 g/mol. The van der Waals surface area contributed by atoms with Crippen LogP contribution in [0.2, 0.25) is 0 Å². The number of nitrogens with one attached hydrogen (secondary N) is 1. The van der Waals surface area contributed by atoms with E-state index in [2.05, 4.69) is 4.98 Å². The van der Waals surface area contributed by atoms with Crippen LogP contribution in [0, 0.1) is 5.82 Å². The lowest BCUT2D eigenvalue weighted by atomic mass is 10.2. The minimum Gasteiger partial charge on any atom is -0.480 e. The first-order valence-corrected chi connectivity index (χ1v) is 7.79. The maximum absolute atomic E-state index is 13.9. The lowest BCUT2D eigenvalue weighted by Gasteiger charge is -2.19. The molecule has 1 heterocycles. The zero-order valence-corrected chi connectivity index (χ0v) is 12.2. The van der Waals surface area contributed by atoms with Crippen molar-refractivity contribution in [1.82, 2.24) is 9.29 Å². The quantitative estimate of drug-likeness (QED) is 0.850. The SMILES string of the molecule is CCCN(CC(=O)O)S(=O)(=O)c1c[nH]c2cccc(F)c12. The van der Waals surface area contributed by atoms with Gasteiger partial charge in [-0.15, -0.1) is 0 Å². The Balaban J connectivity index is 2.57. The van der Waals surface area contributed by atoms with Gasteiger partial charge in [0.1, 0.15) is 17.3 Å². The molecule has 0 radical (unpaired) electrons. The Kier molecular flexibility index (Phi) is 4.29. The Morgan fingerprint density at radius 3 is 2.76 bits per heavy atom. The molecule has 2 rings (SSSR count). The summed E-state index contributed by atoms with van der Waals surface area (Å²) in [6.45, 7) is 1.13. The van der Waals surface area contributed by atoms with Crippen molar-refractivity contribution in [3.63, 3.8) is 0 Å². The summed E-state index contributed by atoms with van der Waals surface area (Å²) in [4.78, 5) is 13.3. The van der Waals surface area contributed by atoms with E-state index in [4.69, 9.17) is 5.11 Å². The molecular weight excluding hydrogens is 299 g/mol. The lowest BCUT2D eigenvalue weighted by molar-refractivity contribution is -0.137. The van der Waals surface area contributed by atoms with Crippen molar-refractivity contribution in [3.05, 3.63) is 30.2 Å². The Labute approximate surface area is 121 Å². The molecule has 8 heteroatoms. The topological polar surface area (TPSA) is 90.5 Å². The summed E-state index contributed by atoms with van der Waals surface area (Å²) < 4.78 is 39.9. The number of carboxylic acid groups (broad SMARTS) is 1. The monoisotopic (exact) mass is 314 g/mol. The van der Waals surface area contributed by atoms with Crippen LogP contribution in [0.4, 0.5) is 4.39 Å². The van der Waals surface area contributed by atoms with Crippen molar-refractivity contribution in [2.75, 3.05) is 13.1 Å². The zero-order valence-electron chi connectivity index (χ0n) is 11.3. The number of carboxylic acids is 1. The summed E-state index contributed by atoms with van der Waals surface area (Å²) in [7, 11) is -4.08.